The molecular formula is C21H29N3O3S. The summed E-state index contributed by atoms with van der Waals surface area (Å²) in [5.74, 6) is -0.187. The van der Waals surface area contributed by atoms with Crippen LogP contribution in [0.4, 0.5) is 5.69 Å². The van der Waals surface area contributed by atoms with Gasteiger partial charge in [-0.1, -0.05) is 44.2 Å². The second-order valence-electron chi connectivity index (χ2n) is 6.76. The minimum atomic E-state index is -3.56. The Bertz CT molecular complexity index is 909. The molecule has 7 heteroatoms. The number of rotatable bonds is 9. The van der Waals surface area contributed by atoms with Crippen LogP contribution >= 0.6 is 0 Å². The van der Waals surface area contributed by atoms with Gasteiger partial charge in [0.2, 0.25) is 15.9 Å². The zero-order valence-corrected chi connectivity index (χ0v) is 17.8. The van der Waals surface area contributed by atoms with E-state index < -0.39 is 10.0 Å². The first-order valence-corrected chi connectivity index (χ1v) is 10.8. The van der Waals surface area contributed by atoms with Gasteiger partial charge < -0.3 is 5.32 Å². The molecule has 2 aromatic carbocycles. The molecular weight excluding hydrogens is 374 g/mol. The minimum Gasteiger partial charge on any atom is -0.325 e. The standard InChI is InChI=1S/C21H29N3O3S/c1-5-24(6-2)28(26,27)20-13-9-12-19(14-20)22-21(25)16-23(4)15-18-11-8-7-10-17(18)3/h7-14H,5-6,15-16H2,1-4H3,(H,22,25). The van der Waals surface area contributed by atoms with Gasteiger partial charge in [-0.3, -0.25) is 9.69 Å². The predicted molar refractivity (Wildman–Crippen MR) is 113 cm³/mol. The average molecular weight is 404 g/mol. The van der Waals surface area contributed by atoms with E-state index in [1.54, 1.807) is 32.0 Å². The highest BCUT2D eigenvalue weighted by Gasteiger charge is 2.22. The smallest absolute Gasteiger partial charge is 0.243 e. The van der Waals surface area contributed by atoms with Crippen molar-refractivity contribution in [3.8, 4) is 0 Å². The highest BCUT2D eigenvalue weighted by atomic mass is 32.2. The molecule has 2 aromatic rings. The normalized spacial score (nSPS) is 11.8. The van der Waals surface area contributed by atoms with E-state index in [9.17, 15) is 13.2 Å². The predicted octanol–water partition coefficient (Wildman–Crippen LogP) is 3.10. The van der Waals surface area contributed by atoms with E-state index in [-0.39, 0.29) is 17.3 Å². The van der Waals surface area contributed by atoms with Gasteiger partial charge in [-0.15, -0.1) is 0 Å². The first-order valence-electron chi connectivity index (χ1n) is 9.41. The SMILES string of the molecule is CCN(CC)S(=O)(=O)c1cccc(NC(=O)CN(C)Cc2ccccc2C)c1. The molecule has 2 rings (SSSR count). The third-order valence-electron chi connectivity index (χ3n) is 4.58. The molecule has 0 aliphatic carbocycles. The Morgan fingerprint density at radius 2 is 1.71 bits per heavy atom. The van der Waals surface area contributed by atoms with Crippen LogP contribution in [0.1, 0.15) is 25.0 Å². The van der Waals surface area contributed by atoms with Crippen molar-refractivity contribution in [2.75, 3.05) is 32.0 Å². The molecule has 0 heterocycles. The lowest BCUT2D eigenvalue weighted by Crippen LogP contribution is -2.31. The first-order chi connectivity index (χ1) is 13.3. The summed E-state index contributed by atoms with van der Waals surface area (Å²) in [6, 6.07) is 14.5. The summed E-state index contributed by atoms with van der Waals surface area (Å²) in [7, 11) is -1.67. The van der Waals surface area contributed by atoms with Gasteiger partial charge in [-0.05, 0) is 43.3 Å². The fraction of sp³-hybridized carbons (Fsp3) is 0.381. The van der Waals surface area contributed by atoms with Crippen LogP contribution in [-0.4, -0.2) is 50.2 Å². The monoisotopic (exact) mass is 403 g/mol. The summed E-state index contributed by atoms with van der Waals surface area (Å²) < 4.78 is 26.7. The zero-order valence-electron chi connectivity index (χ0n) is 17.0. The summed E-state index contributed by atoms with van der Waals surface area (Å²) in [6.45, 7) is 7.33. The summed E-state index contributed by atoms with van der Waals surface area (Å²) in [5.41, 5.74) is 2.83. The first kappa shape index (κ1) is 22.1. The minimum absolute atomic E-state index is 0.183. The summed E-state index contributed by atoms with van der Waals surface area (Å²) in [5, 5.41) is 2.80. The third kappa shape index (κ3) is 5.64. The van der Waals surface area contributed by atoms with Crippen LogP contribution in [0.3, 0.4) is 0 Å². The number of amides is 1. The number of hydrogen-bond acceptors (Lipinski definition) is 4. The second-order valence-corrected chi connectivity index (χ2v) is 8.70. The van der Waals surface area contributed by atoms with Gasteiger partial charge in [-0.2, -0.15) is 4.31 Å². The zero-order chi connectivity index (χ0) is 20.7. The second kappa shape index (κ2) is 9.82. The van der Waals surface area contributed by atoms with Gasteiger partial charge in [-0.25, -0.2) is 8.42 Å². The molecule has 1 amide bonds. The van der Waals surface area contributed by atoms with E-state index in [0.29, 0.717) is 25.3 Å². The van der Waals surface area contributed by atoms with Gasteiger partial charge >= 0.3 is 0 Å². The number of nitrogens with zero attached hydrogens (tertiary/aromatic N) is 2. The third-order valence-corrected chi connectivity index (χ3v) is 6.62. The Hall–Kier alpha value is -2.22. The lowest BCUT2D eigenvalue weighted by Gasteiger charge is -2.19. The van der Waals surface area contributed by atoms with Crippen LogP contribution in [0.2, 0.25) is 0 Å². The maximum atomic E-state index is 12.7. The fourth-order valence-corrected chi connectivity index (χ4v) is 4.53. The molecule has 0 atom stereocenters. The quantitative estimate of drug-likeness (QED) is 0.699. The summed E-state index contributed by atoms with van der Waals surface area (Å²) >= 11 is 0. The van der Waals surface area contributed by atoms with Crippen molar-refractivity contribution in [2.24, 2.45) is 0 Å². The molecule has 0 spiro atoms. The molecule has 0 aliphatic heterocycles. The molecule has 0 saturated carbocycles. The molecule has 0 saturated heterocycles. The molecule has 0 unspecified atom stereocenters. The number of carbonyl (C=O) groups is 1. The van der Waals surface area contributed by atoms with Crippen LogP contribution in [-0.2, 0) is 21.4 Å². The Morgan fingerprint density at radius 1 is 1.04 bits per heavy atom. The average Bonchev–Trinajstić information content (AvgIpc) is 2.64. The summed E-state index contributed by atoms with van der Waals surface area (Å²) in [6.07, 6.45) is 0. The molecule has 0 fully saturated rings. The van der Waals surface area contributed by atoms with Crippen molar-refractivity contribution in [1.82, 2.24) is 9.21 Å². The number of aryl methyl sites for hydroxylation is 1. The molecule has 6 nitrogen and oxygen atoms in total. The maximum Gasteiger partial charge on any atom is 0.243 e. The lowest BCUT2D eigenvalue weighted by atomic mass is 10.1. The Balaban J connectivity index is 2.03. The lowest BCUT2D eigenvalue weighted by molar-refractivity contribution is -0.117. The Labute approximate surface area is 168 Å². The molecule has 152 valence electrons. The Kier molecular flexibility index (Phi) is 7.74. The van der Waals surface area contributed by atoms with E-state index in [2.05, 4.69) is 5.32 Å². The van der Waals surface area contributed by atoms with Crippen molar-refractivity contribution >= 4 is 21.6 Å². The number of anilines is 1. The van der Waals surface area contributed by atoms with E-state index in [1.165, 1.54) is 21.5 Å². The topological polar surface area (TPSA) is 69.7 Å². The molecule has 1 N–H and O–H groups in total. The number of carbonyl (C=O) groups excluding carboxylic acids is 1. The number of nitrogens with one attached hydrogen (secondary N) is 1. The van der Waals surface area contributed by atoms with E-state index in [1.807, 2.05) is 43.1 Å². The van der Waals surface area contributed by atoms with Gasteiger partial charge in [0.1, 0.15) is 0 Å². The van der Waals surface area contributed by atoms with Crippen LogP contribution < -0.4 is 5.32 Å². The Morgan fingerprint density at radius 3 is 2.36 bits per heavy atom. The van der Waals surface area contributed by atoms with E-state index in [4.69, 9.17) is 0 Å². The van der Waals surface area contributed by atoms with Gasteiger partial charge in [0.25, 0.3) is 0 Å². The van der Waals surface area contributed by atoms with Crippen LogP contribution in [0, 0.1) is 6.92 Å². The van der Waals surface area contributed by atoms with Gasteiger partial charge in [0.15, 0.2) is 0 Å². The van der Waals surface area contributed by atoms with Crippen molar-refractivity contribution in [2.45, 2.75) is 32.2 Å². The highest BCUT2D eigenvalue weighted by Crippen LogP contribution is 2.19. The van der Waals surface area contributed by atoms with Crippen LogP contribution in [0.15, 0.2) is 53.4 Å². The number of likely N-dealkylation sites (N-methyl/N-ethyl adjacent to an activating group) is 1. The highest BCUT2D eigenvalue weighted by molar-refractivity contribution is 7.89. The van der Waals surface area contributed by atoms with E-state index in [0.717, 1.165) is 0 Å². The van der Waals surface area contributed by atoms with Gasteiger partial charge in [0.05, 0.1) is 11.4 Å². The van der Waals surface area contributed by atoms with Crippen molar-refractivity contribution in [3.63, 3.8) is 0 Å². The van der Waals surface area contributed by atoms with Gasteiger partial charge in [0, 0.05) is 25.3 Å². The molecule has 0 radical (unpaired) electrons. The maximum absolute atomic E-state index is 12.7. The van der Waals surface area contributed by atoms with Crippen molar-refractivity contribution in [3.05, 3.63) is 59.7 Å². The fourth-order valence-electron chi connectivity index (χ4n) is 3.03. The molecule has 0 aromatic heterocycles. The molecule has 0 aliphatic rings. The summed E-state index contributed by atoms with van der Waals surface area (Å²) in [4.78, 5) is 14.5. The molecule has 28 heavy (non-hydrogen) atoms. The number of sulfonamides is 1. The van der Waals surface area contributed by atoms with Crippen LogP contribution in [0.5, 0.6) is 0 Å². The number of benzene rings is 2. The van der Waals surface area contributed by atoms with Crippen molar-refractivity contribution in [1.29, 1.82) is 0 Å². The molecule has 0 bridgehead atoms. The number of hydrogen-bond donors (Lipinski definition) is 1. The van der Waals surface area contributed by atoms with Crippen LogP contribution in [0.25, 0.3) is 0 Å². The van der Waals surface area contributed by atoms with Crippen molar-refractivity contribution < 1.29 is 13.2 Å². The largest absolute Gasteiger partial charge is 0.325 e. The van der Waals surface area contributed by atoms with E-state index >= 15 is 0 Å².